The third-order valence-corrected chi connectivity index (χ3v) is 4.39. The van der Waals surface area contributed by atoms with E-state index in [4.69, 9.17) is 11.5 Å². The lowest BCUT2D eigenvalue weighted by atomic mass is 9.90. The van der Waals surface area contributed by atoms with Gasteiger partial charge in [-0.05, 0) is 36.6 Å². The molecule has 0 aliphatic rings. The summed E-state index contributed by atoms with van der Waals surface area (Å²) in [5, 5.41) is 2.76. The topological polar surface area (TPSA) is 98.2 Å². The molecular formula is C20H24FN3O2. The van der Waals surface area contributed by atoms with Gasteiger partial charge < -0.3 is 16.8 Å². The van der Waals surface area contributed by atoms with Gasteiger partial charge in [0.05, 0.1) is 5.92 Å². The van der Waals surface area contributed by atoms with Crippen LogP contribution in [-0.2, 0) is 22.4 Å². The molecule has 0 saturated carbocycles. The van der Waals surface area contributed by atoms with E-state index in [9.17, 15) is 14.0 Å². The van der Waals surface area contributed by atoms with E-state index in [0.717, 1.165) is 11.1 Å². The van der Waals surface area contributed by atoms with Crippen LogP contribution < -0.4 is 16.8 Å². The van der Waals surface area contributed by atoms with Crippen molar-refractivity contribution in [3.63, 3.8) is 0 Å². The summed E-state index contributed by atoms with van der Waals surface area (Å²) in [5.41, 5.74) is 11.8. The van der Waals surface area contributed by atoms with Crippen LogP contribution in [0.3, 0.4) is 0 Å². The Balaban J connectivity index is 2.11. The van der Waals surface area contributed by atoms with Gasteiger partial charge in [-0.1, -0.05) is 42.5 Å². The van der Waals surface area contributed by atoms with E-state index in [0.29, 0.717) is 6.42 Å². The summed E-state index contributed by atoms with van der Waals surface area (Å²) in [4.78, 5) is 24.7. The Hall–Kier alpha value is -2.73. The molecule has 5 nitrogen and oxygen atoms in total. The highest BCUT2D eigenvalue weighted by Crippen LogP contribution is 2.16. The number of rotatable bonds is 8. The summed E-state index contributed by atoms with van der Waals surface area (Å²) < 4.78 is 13.0. The lowest BCUT2D eigenvalue weighted by Gasteiger charge is -2.29. The molecule has 2 unspecified atom stereocenters. The third kappa shape index (κ3) is 5.13. The second-order valence-corrected chi connectivity index (χ2v) is 6.61. The van der Waals surface area contributed by atoms with Crippen molar-refractivity contribution >= 4 is 11.8 Å². The number of halogens is 1. The zero-order chi connectivity index (χ0) is 19.2. The molecule has 2 amide bonds. The summed E-state index contributed by atoms with van der Waals surface area (Å²) in [6.07, 6.45) is 0.631. The minimum atomic E-state index is -1.23. The van der Waals surface area contributed by atoms with E-state index < -0.39 is 17.4 Å². The Labute approximate surface area is 152 Å². The van der Waals surface area contributed by atoms with E-state index in [2.05, 4.69) is 5.32 Å². The second kappa shape index (κ2) is 8.58. The SMILES string of the molecule is CC(Cc1ccccc1)(NC(=O)C(CN)Cc1ccc(F)cc1)C(N)=O. The maximum Gasteiger partial charge on any atom is 0.243 e. The summed E-state index contributed by atoms with van der Waals surface area (Å²) in [5.74, 6) is -1.86. The first-order valence-electron chi connectivity index (χ1n) is 8.44. The zero-order valence-electron chi connectivity index (χ0n) is 14.7. The molecule has 0 radical (unpaired) electrons. The first-order chi connectivity index (χ1) is 12.3. The molecule has 0 spiro atoms. The van der Waals surface area contributed by atoms with Gasteiger partial charge in [-0.15, -0.1) is 0 Å². The lowest BCUT2D eigenvalue weighted by Crippen LogP contribution is -2.58. The van der Waals surface area contributed by atoms with Gasteiger partial charge >= 0.3 is 0 Å². The highest BCUT2D eigenvalue weighted by atomic mass is 19.1. The van der Waals surface area contributed by atoms with Crippen LogP contribution in [0.1, 0.15) is 18.1 Å². The summed E-state index contributed by atoms with van der Waals surface area (Å²) >= 11 is 0. The van der Waals surface area contributed by atoms with Crippen LogP contribution in [0.15, 0.2) is 54.6 Å². The van der Waals surface area contributed by atoms with Crippen LogP contribution >= 0.6 is 0 Å². The van der Waals surface area contributed by atoms with Crippen molar-refractivity contribution in [1.82, 2.24) is 5.32 Å². The van der Waals surface area contributed by atoms with Gasteiger partial charge in [-0.3, -0.25) is 9.59 Å². The van der Waals surface area contributed by atoms with Crippen molar-refractivity contribution < 1.29 is 14.0 Å². The Morgan fingerprint density at radius 3 is 2.23 bits per heavy atom. The Morgan fingerprint density at radius 1 is 1.08 bits per heavy atom. The molecule has 2 aromatic rings. The van der Waals surface area contributed by atoms with Gasteiger partial charge in [0.2, 0.25) is 11.8 Å². The Bertz CT molecular complexity index is 749. The minimum Gasteiger partial charge on any atom is -0.368 e. The normalized spacial score (nSPS) is 14.3. The van der Waals surface area contributed by atoms with E-state index in [1.807, 2.05) is 30.3 Å². The van der Waals surface area contributed by atoms with Crippen LogP contribution in [0, 0.1) is 11.7 Å². The predicted molar refractivity (Wildman–Crippen MR) is 98.5 cm³/mol. The van der Waals surface area contributed by atoms with E-state index in [-0.39, 0.29) is 24.7 Å². The molecule has 2 rings (SSSR count). The second-order valence-electron chi connectivity index (χ2n) is 6.61. The number of carbonyl (C=O) groups excluding carboxylic acids is 2. The van der Waals surface area contributed by atoms with Crippen LogP contribution in [-0.4, -0.2) is 23.9 Å². The molecule has 0 heterocycles. The highest BCUT2D eigenvalue weighted by molar-refractivity contribution is 5.91. The van der Waals surface area contributed by atoms with E-state index >= 15 is 0 Å². The number of amides is 2. The standard InChI is InChI=1S/C20H24FN3O2/c1-20(19(23)26,12-15-5-3-2-4-6-15)24-18(25)16(13-22)11-14-7-9-17(21)10-8-14/h2-10,16H,11-13,22H2,1H3,(H2,23,26)(H,24,25). The molecule has 26 heavy (non-hydrogen) atoms. The number of hydrogen-bond donors (Lipinski definition) is 3. The molecular weight excluding hydrogens is 333 g/mol. The van der Waals surface area contributed by atoms with Crippen LogP contribution in [0.4, 0.5) is 4.39 Å². The quantitative estimate of drug-likeness (QED) is 0.668. The minimum absolute atomic E-state index is 0.101. The smallest absolute Gasteiger partial charge is 0.243 e. The van der Waals surface area contributed by atoms with Gasteiger partial charge in [0.25, 0.3) is 0 Å². The molecule has 0 bridgehead atoms. The number of carbonyl (C=O) groups is 2. The van der Waals surface area contributed by atoms with Crippen molar-refractivity contribution in [3.8, 4) is 0 Å². The predicted octanol–water partition coefficient (Wildman–Crippen LogP) is 1.55. The fourth-order valence-electron chi connectivity index (χ4n) is 2.76. The maximum absolute atomic E-state index is 13.0. The number of benzene rings is 2. The fraction of sp³-hybridized carbons (Fsp3) is 0.300. The number of nitrogens with one attached hydrogen (secondary N) is 1. The van der Waals surface area contributed by atoms with Crippen LogP contribution in [0.2, 0.25) is 0 Å². The van der Waals surface area contributed by atoms with Gasteiger partial charge in [0.15, 0.2) is 0 Å². The van der Waals surface area contributed by atoms with Crippen molar-refractivity contribution in [1.29, 1.82) is 0 Å². The van der Waals surface area contributed by atoms with Gasteiger partial charge in [-0.25, -0.2) is 4.39 Å². The lowest BCUT2D eigenvalue weighted by molar-refractivity contribution is -0.133. The fourth-order valence-corrected chi connectivity index (χ4v) is 2.76. The number of nitrogens with two attached hydrogens (primary N) is 2. The Kier molecular flexibility index (Phi) is 6.46. The summed E-state index contributed by atoms with van der Waals surface area (Å²) in [6.45, 7) is 1.70. The van der Waals surface area contributed by atoms with Crippen molar-refractivity contribution in [3.05, 3.63) is 71.5 Å². The molecule has 2 aromatic carbocycles. The largest absolute Gasteiger partial charge is 0.368 e. The van der Waals surface area contributed by atoms with Gasteiger partial charge in [0, 0.05) is 13.0 Å². The molecule has 0 fully saturated rings. The molecule has 0 aliphatic heterocycles. The Morgan fingerprint density at radius 2 is 1.69 bits per heavy atom. The van der Waals surface area contributed by atoms with Crippen LogP contribution in [0.5, 0.6) is 0 Å². The number of hydrogen-bond acceptors (Lipinski definition) is 3. The van der Waals surface area contributed by atoms with Gasteiger partial charge in [-0.2, -0.15) is 0 Å². The summed E-state index contributed by atoms with van der Waals surface area (Å²) in [7, 11) is 0. The first kappa shape index (κ1) is 19.6. The average molecular weight is 357 g/mol. The third-order valence-electron chi connectivity index (χ3n) is 4.39. The monoisotopic (exact) mass is 357 g/mol. The molecule has 2 atom stereocenters. The molecule has 0 saturated heterocycles. The van der Waals surface area contributed by atoms with E-state index in [1.165, 1.54) is 12.1 Å². The van der Waals surface area contributed by atoms with E-state index in [1.54, 1.807) is 19.1 Å². The molecule has 6 heteroatoms. The molecule has 0 aliphatic carbocycles. The zero-order valence-corrected chi connectivity index (χ0v) is 14.7. The average Bonchev–Trinajstić information content (AvgIpc) is 2.61. The van der Waals surface area contributed by atoms with Crippen molar-refractivity contribution in [2.24, 2.45) is 17.4 Å². The molecule has 5 N–H and O–H groups in total. The maximum atomic E-state index is 13.0. The van der Waals surface area contributed by atoms with Crippen LogP contribution in [0.25, 0.3) is 0 Å². The van der Waals surface area contributed by atoms with Gasteiger partial charge in [0.1, 0.15) is 11.4 Å². The summed E-state index contributed by atoms with van der Waals surface area (Å²) in [6, 6.07) is 15.2. The van der Waals surface area contributed by atoms with Crippen molar-refractivity contribution in [2.75, 3.05) is 6.54 Å². The van der Waals surface area contributed by atoms with Crippen molar-refractivity contribution in [2.45, 2.75) is 25.3 Å². The highest BCUT2D eigenvalue weighted by Gasteiger charge is 2.35. The molecule has 138 valence electrons. The first-order valence-corrected chi connectivity index (χ1v) is 8.44. The number of primary amides is 1. The molecule has 0 aromatic heterocycles.